The standard InChI is InChI=1S/C28H47NO5Si2/c1-26(2,3)33-23(30)22-21-28(17-13-15-19-35(7,8)9,18-14-16-20-36(10,11)12)24(31)29(22)25(32)34-27(4,5)6/h22H,13-14,17-18,21H2,1-12H3/t22-/m0/s1. The van der Waals surface area contributed by atoms with Crippen LogP contribution in [0.25, 0.3) is 0 Å². The fourth-order valence-electron chi connectivity index (χ4n) is 3.83. The molecule has 0 saturated carbocycles. The fourth-order valence-corrected chi connectivity index (χ4v) is 5.14. The van der Waals surface area contributed by atoms with Gasteiger partial charge in [0.05, 0.1) is 5.41 Å². The Bertz CT molecular complexity index is 917. The van der Waals surface area contributed by atoms with E-state index in [2.05, 4.69) is 62.2 Å². The summed E-state index contributed by atoms with van der Waals surface area (Å²) >= 11 is 0. The SMILES string of the molecule is CC(C)(C)OC(=O)[C@@H]1CC(CCC#C[Si](C)(C)C)(CCC#C[Si](C)(C)C)C(=O)N1C(=O)OC(C)(C)C. The van der Waals surface area contributed by atoms with E-state index in [9.17, 15) is 14.4 Å². The van der Waals surface area contributed by atoms with Crippen LogP contribution in [0.5, 0.6) is 0 Å². The van der Waals surface area contributed by atoms with Crippen LogP contribution in [0.15, 0.2) is 0 Å². The Labute approximate surface area is 221 Å². The van der Waals surface area contributed by atoms with Gasteiger partial charge in [-0.3, -0.25) is 4.79 Å². The van der Waals surface area contributed by atoms with E-state index in [0.717, 1.165) is 4.90 Å². The van der Waals surface area contributed by atoms with Crippen LogP contribution in [0.2, 0.25) is 39.3 Å². The Morgan fingerprint density at radius 3 is 1.64 bits per heavy atom. The van der Waals surface area contributed by atoms with E-state index < -0.39 is 56.8 Å². The van der Waals surface area contributed by atoms with Gasteiger partial charge in [-0.1, -0.05) is 39.3 Å². The highest BCUT2D eigenvalue weighted by molar-refractivity contribution is 6.84. The Morgan fingerprint density at radius 2 is 1.28 bits per heavy atom. The van der Waals surface area contributed by atoms with Crippen molar-refractivity contribution in [2.45, 2.75) is 130 Å². The number of nitrogens with zero attached hydrogens (tertiary/aromatic N) is 1. The molecule has 0 aromatic carbocycles. The van der Waals surface area contributed by atoms with Gasteiger partial charge in [0.2, 0.25) is 5.91 Å². The van der Waals surface area contributed by atoms with Crippen molar-refractivity contribution >= 4 is 34.1 Å². The molecular formula is C28H47NO5Si2. The van der Waals surface area contributed by atoms with Crippen molar-refractivity contribution in [3.8, 4) is 22.9 Å². The predicted octanol–water partition coefficient (Wildman–Crippen LogP) is 6.17. The van der Waals surface area contributed by atoms with Gasteiger partial charge < -0.3 is 9.47 Å². The summed E-state index contributed by atoms with van der Waals surface area (Å²) in [5.74, 6) is 5.53. The molecule has 1 saturated heterocycles. The maximum absolute atomic E-state index is 14.0. The first-order valence-corrected chi connectivity index (χ1v) is 19.8. The van der Waals surface area contributed by atoms with E-state index in [4.69, 9.17) is 9.47 Å². The molecule has 1 aliphatic rings. The van der Waals surface area contributed by atoms with E-state index in [1.807, 2.05) is 0 Å². The Balaban J connectivity index is 3.45. The lowest BCUT2D eigenvalue weighted by molar-refractivity contribution is -0.161. The minimum Gasteiger partial charge on any atom is -0.458 e. The van der Waals surface area contributed by atoms with Gasteiger partial charge in [-0.25, -0.2) is 14.5 Å². The summed E-state index contributed by atoms with van der Waals surface area (Å²) in [7, 11) is -3.13. The lowest BCUT2D eigenvalue weighted by atomic mass is 9.76. The molecule has 0 radical (unpaired) electrons. The number of esters is 1. The van der Waals surface area contributed by atoms with Crippen molar-refractivity contribution in [1.82, 2.24) is 4.90 Å². The highest BCUT2D eigenvalue weighted by Crippen LogP contribution is 2.45. The average Bonchev–Trinajstić information content (AvgIpc) is 2.91. The van der Waals surface area contributed by atoms with Gasteiger partial charge in [0, 0.05) is 12.8 Å². The van der Waals surface area contributed by atoms with Crippen LogP contribution in [0.1, 0.15) is 73.6 Å². The number of imide groups is 1. The normalized spacial score (nSPS) is 18.1. The van der Waals surface area contributed by atoms with Crippen molar-refractivity contribution in [2.24, 2.45) is 5.41 Å². The summed E-state index contributed by atoms with van der Waals surface area (Å²) in [5.41, 5.74) is 4.21. The summed E-state index contributed by atoms with van der Waals surface area (Å²) in [6.07, 6.45) is 1.31. The zero-order valence-corrected chi connectivity index (χ0v) is 26.6. The third-order valence-corrected chi connectivity index (χ3v) is 7.07. The first-order chi connectivity index (χ1) is 16.1. The van der Waals surface area contributed by atoms with Gasteiger partial charge in [0.15, 0.2) is 0 Å². The molecule has 1 aliphatic heterocycles. The number of likely N-dealkylation sites (tertiary alicyclic amines) is 1. The second kappa shape index (κ2) is 11.6. The monoisotopic (exact) mass is 533 g/mol. The first-order valence-electron chi connectivity index (χ1n) is 12.8. The molecule has 0 spiro atoms. The average molecular weight is 534 g/mol. The molecule has 1 heterocycles. The maximum Gasteiger partial charge on any atom is 0.417 e. The number of carbonyl (C=O) groups is 3. The van der Waals surface area contributed by atoms with Crippen molar-refractivity contribution < 1.29 is 23.9 Å². The van der Waals surface area contributed by atoms with E-state index in [1.165, 1.54) is 0 Å². The van der Waals surface area contributed by atoms with Crippen LogP contribution < -0.4 is 0 Å². The lowest BCUT2D eigenvalue weighted by Crippen LogP contribution is -2.48. The zero-order chi connectivity index (χ0) is 28.2. The molecule has 1 fully saturated rings. The van der Waals surface area contributed by atoms with Crippen LogP contribution >= 0.6 is 0 Å². The molecule has 1 rings (SSSR count). The second-order valence-corrected chi connectivity index (χ2v) is 23.3. The summed E-state index contributed by atoms with van der Waals surface area (Å²) in [5, 5.41) is 0. The van der Waals surface area contributed by atoms with E-state index >= 15 is 0 Å². The van der Waals surface area contributed by atoms with Gasteiger partial charge in [0.25, 0.3) is 0 Å². The van der Waals surface area contributed by atoms with Gasteiger partial charge in [0.1, 0.15) is 33.4 Å². The van der Waals surface area contributed by atoms with Crippen molar-refractivity contribution in [3.63, 3.8) is 0 Å². The van der Waals surface area contributed by atoms with E-state index in [1.54, 1.807) is 41.5 Å². The molecule has 0 bridgehead atoms. The topological polar surface area (TPSA) is 72.9 Å². The summed E-state index contributed by atoms with van der Waals surface area (Å²) in [4.78, 5) is 41.4. The summed E-state index contributed by atoms with van der Waals surface area (Å²) < 4.78 is 11.2. The van der Waals surface area contributed by atoms with Gasteiger partial charge in [-0.05, 0) is 60.8 Å². The molecule has 2 amide bonds. The number of ether oxygens (including phenoxy) is 2. The smallest absolute Gasteiger partial charge is 0.417 e. The van der Waals surface area contributed by atoms with E-state index in [0.29, 0.717) is 25.7 Å². The zero-order valence-electron chi connectivity index (χ0n) is 24.6. The molecular weight excluding hydrogens is 486 g/mol. The third kappa shape index (κ3) is 10.9. The van der Waals surface area contributed by atoms with Crippen LogP contribution in [0, 0.1) is 28.3 Å². The molecule has 202 valence electrons. The Morgan fingerprint density at radius 1 is 0.861 bits per heavy atom. The minimum atomic E-state index is -1.57. The third-order valence-electron chi connectivity index (χ3n) is 5.22. The predicted molar refractivity (Wildman–Crippen MR) is 150 cm³/mol. The molecule has 36 heavy (non-hydrogen) atoms. The second-order valence-electron chi connectivity index (χ2n) is 13.8. The number of hydrogen-bond acceptors (Lipinski definition) is 5. The first kappa shape index (κ1) is 32.0. The van der Waals surface area contributed by atoms with Crippen molar-refractivity contribution in [2.75, 3.05) is 0 Å². The van der Waals surface area contributed by atoms with Crippen LogP contribution in [0.4, 0.5) is 4.79 Å². The highest BCUT2D eigenvalue weighted by Gasteiger charge is 2.57. The number of carbonyl (C=O) groups excluding carboxylic acids is 3. The summed E-state index contributed by atoms with van der Waals surface area (Å²) in [6.45, 7) is 23.5. The lowest BCUT2D eigenvalue weighted by Gasteiger charge is -2.29. The molecule has 6 nitrogen and oxygen atoms in total. The van der Waals surface area contributed by atoms with Crippen LogP contribution in [-0.2, 0) is 19.1 Å². The maximum atomic E-state index is 14.0. The number of amides is 2. The van der Waals surface area contributed by atoms with Gasteiger partial charge in [-0.15, -0.1) is 22.9 Å². The molecule has 0 aromatic heterocycles. The molecule has 8 heteroatoms. The molecule has 0 aromatic rings. The largest absolute Gasteiger partial charge is 0.458 e. The molecule has 0 aliphatic carbocycles. The highest BCUT2D eigenvalue weighted by atomic mass is 28.3. The minimum absolute atomic E-state index is 0.184. The molecule has 0 N–H and O–H groups in total. The number of rotatable bonds is 5. The fraction of sp³-hybridized carbons (Fsp3) is 0.750. The quantitative estimate of drug-likeness (QED) is 0.240. The molecule has 0 unspecified atom stereocenters. The number of hydrogen-bond donors (Lipinski definition) is 0. The van der Waals surface area contributed by atoms with Crippen molar-refractivity contribution in [3.05, 3.63) is 0 Å². The Hall–Kier alpha value is -2.04. The van der Waals surface area contributed by atoms with E-state index in [-0.39, 0.29) is 6.42 Å². The van der Waals surface area contributed by atoms with Crippen LogP contribution in [-0.4, -0.2) is 56.3 Å². The van der Waals surface area contributed by atoms with Gasteiger partial charge in [-0.2, -0.15) is 0 Å². The van der Waals surface area contributed by atoms with Gasteiger partial charge >= 0.3 is 12.1 Å². The summed E-state index contributed by atoms with van der Waals surface area (Å²) in [6, 6.07) is -1.04. The van der Waals surface area contributed by atoms with Crippen LogP contribution in [0.3, 0.4) is 0 Å². The van der Waals surface area contributed by atoms with Crippen molar-refractivity contribution in [1.29, 1.82) is 0 Å². The molecule has 1 atom stereocenters. The Kier molecular flexibility index (Phi) is 10.3.